The van der Waals surface area contributed by atoms with Gasteiger partial charge < -0.3 is 15.0 Å². The van der Waals surface area contributed by atoms with Gasteiger partial charge in [-0.3, -0.25) is 4.79 Å². The van der Waals surface area contributed by atoms with E-state index in [9.17, 15) is 9.59 Å². The summed E-state index contributed by atoms with van der Waals surface area (Å²) in [4.78, 5) is 37.7. The first-order valence-corrected chi connectivity index (χ1v) is 12.0. The lowest BCUT2D eigenvalue weighted by Crippen LogP contribution is -2.28. The summed E-state index contributed by atoms with van der Waals surface area (Å²) >= 11 is 1.51. The smallest absolute Gasteiger partial charge is 0.352 e. The average Bonchev–Trinajstić information content (AvgIpc) is 3.25. The van der Waals surface area contributed by atoms with Gasteiger partial charge in [-0.2, -0.15) is 0 Å². The Morgan fingerprint density at radius 3 is 2.76 bits per heavy atom. The number of carbonyl (C=O) groups excluding carboxylic acids is 1. The first-order valence-electron chi connectivity index (χ1n) is 11.2. The van der Waals surface area contributed by atoms with Crippen molar-refractivity contribution in [2.45, 2.75) is 39.2 Å². The van der Waals surface area contributed by atoms with Crippen molar-refractivity contribution in [1.82, 2.24) is 24.1 Å². The highest BCUT2D eigenvalue weighted by Gasteiger charge is 2.20. The molecule has 1 aromatic carbocycles. The Hall–Kier alpha value is -3.47. The largest absolute Gasteiger partial charge is 0.492 e. The highest BCUT2D eigenvalue weighted by Crippen LogP contribution is 2.30. The molecule has 5 rings (SSSR count). The molecule has 1 N–H and O–H groups in total. The Morgan fingerprint density at radius 2 is 1.97 bits per heavy atom. The van der Waals surface area contributed by atoms with Crippen molar-refractivity contribution < 1.29 is 9.53 Å². The molecule has 4 heterocycles. The van der Waals surface area contributed by atoms with Crippen LogP contribution in [0.1, 0.15) is 32.6 Å². The van der Waals surface area contributed by atoms with Crippen LogP contribution in [0.25, 0.3) is 16.0 Å². The van der Waals surface area contributed by atoms with E-state index >= 15 is 0 Å². The molecular weight excluding hydrogens is 442 g/mol. The lowest BCUT2D eigenvalue weighted by Gasteiger charge is -2.18. The molecule has 0 radical (unpaired) electrons. The number of fused-ring (bicyclic) bond motifs is 3. The van der Waals surface area contributed by atoms with Crippen LogP contribution in [0, 0.1) is 0 Å². The first-order chi connectivity index (χ1) is 16.1. The number of thiazole rings is 1. The maximum Gasteiger partial charge on any atom is 0.352 e. The van der Waals surface area contributed by atoms with Crippen LogP contribution in [0.2, 0.25) is 0 Å². The van der Waals surface area contributed by atoms with Gasteiger partial charge in [0.1, 0.15) is 24.1 Å². The molecule has 3 aromatic heterocycles. The fourth-order valence-electron chi connectivity index (χ4n) is 4.01. The molecule has 0 aliphatic carbocycles. The van der Waals surface area contributed by atoms with E-state index in [-0.39, 0.29) is 12.5 Å². The molecule has 0 bridgehead atoms. The van der Waals surface area contributed by atoms with E-state index in [1.165, 1.54) is 34.9 Å². The van der Waals surface area contributed by atoms with Gasteiger partial charge in [0, 0.05) is 13.1 Å². The predicted molar refractivity (Wildman–Crippen MR) is 127 cm³/mol. The second-order valence-corrected chi connectivity index (χ2v) is 8.86. The normalized spacial score (nSPS) is 14.5. The monoisotopic (exact) mass is 467 g/mol. The second-order valence-electron chi connectivity index (χ2n) is 7.91. The number of ether oxygens (including phenoxy) is 1. The highest BCUT2D eigenvalue weighted by molar-refractivity contribution is 7.21. The molecular formula is C22H25N7O3S. The molecule has 1 fully saturated rings. The van der Waals surface area contributed by atoms with E-state index < -0.39 is 5.69 Å². The van der Waals surface area contributed by atoms with E-state index in [0.717, 1.165) is 40.6 Å². The van der Waals surface area contributed by atoms with Crippen molar-refractivity contribution in [3.8, 4) is 5.75 Å². The van der Waals surface area contributed by atoms with Crippen LogP contribution in [0.5, 0.6) is 5.75 Å². The van der Waals surface area contributed by atoms with Gasteiger partial charge in [0.15, 0.2) is 15.6 Å². The third-order valence-electron chi connectivity index (χ3n) is 5.60. The highest BCUT2D eigenvalue weighted by atomic mass is 32.1. The maximum atomic E-state index is 12.9. The van der Waals surface area contributed by atoms with Gasteiger partial charge >= 0.3 is 5.69 Å². The van der Waals surface area contributed by atoms with Crippen molar-refractivity contribution in [2.75, 3.05) is 29.9 Å². The number of benzene rings is 1. The van der Waals surface area contributed by atoms with Gasteiger partial charge in [0.05, 0.1) is 12.3 Å². The lowest BCUT2D eigenvalue weighted by molar-refractivity contribution is -0.117. The van der Waals surface area contributed by atoms with Crippen LogP contribution in [-0.4, -0.2) is 49.8 Å². The van der Waals surface area contributed by atoms with Gasteiger partial charge in [-0.1, -0.05) is 36.3 Å². The molecule has 0 saturated carbocycles. The first kappa shape index (κ1) is 21.4. The van der Waals surface area contributed by atoms with Crippen molar-refractivity contribution >= 4 is 44.1 Å². The third-order valence-corrected chi connectivity index (χ3v) is 6.63. The molecule has 1 aliphatic rings. The Kier molecular flexibility index (Phi) is 5.95. The average molecular weight is 468 g/mol. The van der Waals surface area contributed by atoms with Gasteiger partial charge in [0.25, 0.3) is 0 Å². The van der Waals surface area contributed by atoms with E-state index in [0.29, 0.717) is 29.2 Å². The van der Waals surface area contributed by atoms with Crippen LogP contribution < -0.4 is 20.6 Å². The van der Waals surface area contributed by atoms with Gasteiger partial charge in [0.2, 0.25) is 5.91 Å². The van der Waals surface area contributed by atoms with Crippen LogP contribution in [-0.2, 0) is 11.3 Å². The summed E-state index contributed by atoms with van der Waals surface area (Å²) in [5, 5.41) is 8.12. The zero-order valence-corrected chi connectivity index (χ0v) is 19.2. The number of para-hydroxylation sites is 2. The minimum atomic E-state index is -0.433. The molecule has 1 aliphatic heterocycles. The summed E-state index contributed by atoms with van der Waals surface area (Å²) in [5.41, 5.74) is 1.10. The third kappa shape index (κ3) is 4.28. The van der Waals surface area contributed by atoms with Crippen LogP contribution in [0.4, 0.5) is 10.8 Å². The van der Waals surface area contributed by atoms with Crippen molar-refractivity contribution in [3.63, 3.8) is 0 Å². The van der Waals surface area contributed by atoms with E-state index in [1.54, 1.807) is 12.1 Å². The summed E-state index contributed by atoms with van der Waals surface area (Å²) in [6, 6.07) is 7.17. The molecule has 0 atom stereocenters. The SMILES string of the molecule is CCOc1ccccc1NC(=O)Cn1nc2c3nc(N4CCCCCC4)sc3ncn2c1=O. The number of nitrogens with zero attached hydrogens (tertiary/aromatic N) is 6. The minimum Gasteiger partial charge on any atom is -0.492 e. The quantitative estimate of drug-likeness (QED) is 0.465. The molecule has 1 saturated heterocycles. The molecule has 4 aromatic rings. The molecule has 0 spiro atoms. The fraction of sp³-hybridized carbons (Fsp3) is 0.409. The molecule has 172 valence electrons. The number of hydrogen-bond donors (Lipinski definition) is 1. The van der Waals surface area contributed by atoms with Crippen molar-refractivity contribution in [3.05, 3.63) is 41.1 Å². The van der Waals surface area contributed by atoms with Crippen LogP contribution >= 0.6 is 11.3 Å². The molecule has 1 amide bonds. The minimum absolute atomic E-state index is 0.231. The number of anilines is 2. The topological polar surface area (TPSA) is 107 Å². The van der Waals surface area contributed by atoms with Crippen LogP contribution in [0.3, 0.4) is 0 Å². The van der Waals surface area contributed by atoms with Gasteiger partial charge in [-0.25, -0.2) is 23.8 Å². The zero-order valence-electron chi connectivity index (χ0n) is 18.4. The standard InChI is InChI=1S/C22H25N7O3S/c1-2-32-16-10-6-5-9-15(16)24-17(30)13-29-22(31)28-14-23-20-18(19(28)26-29)25-21(33-20)27-11-7-3-4-8-12-27/h5-6,9-10,14H,2-4,7-8,11-13H2,1H3,(H,24,30). The molecule has 10 nitrogen and oxygen atoms in total. The Labute approximate surface area is 193 Å². The summed E-state index contributed by atoms with van der Waals surface area (Å²) < 4.78 is 8.03. The van der Waals surface area contributed by atoms with Gasteiger partial charge in [-0.05, 0) is 31.9 Å². The van der Waals surface area contributed by atoms with Gasteiger partial charge in [-0.15, -0.1) is 5.10 Å². The molecule has 11 heteroatoms. The number of hydrogen-bond acceptors (Lipinski definition) is 8. The molecule has 33 heavy (non-hydrogen) atoms. The summed E-state index contributed by atoms with van der Waals surface area (Å²) in [6.07, 6.45) is 6.22. The van der Waals surface area contributed by atoms with Crippen molar-refractivity contribution in [1.29, 1.82) is 0 Å². The summed E-state index contributed by atoms with van der Waals surface area (Å²) in [6.45, 7) is 4.07. The van der Waals surface area contributed by atoms with E-state index in [4.69, 9.17) is 9.72 Å². The van der Waals surface area contributed by atoms with Crippen LogP contribution in [0.15, 0.2) is 35.4 Å². The zero-order chi connectivity index (χ0) is 22.8. The number of aromatic nitrogens is 5. The summed E-state index contributed by atoms with van der Waals surface area (Å²) in [7, 11) is 0. The van der Waals surface area contributed by atoms with Crippen molar-refractivity contribution in [2.24, 2.45) is 0 Å². The Morgan fingerprint density at radius 1 is 1.18 bits per heavy atom. The summed E-state index contributed by atoms with van der Waals surface area (Å²) in [5.74, 6) is 0.200. The number of nitrogens with one attached hydrogen (secondary N) is 1. The van der Waals surface area contributed by atoms with E-state index in [2.05, 4.69) is 20.3 Å². The Balaban J connectivity index is 1.42. The fourth-order valence-corrected chi connectivity index (χ4v) is 4.96. The lowest BCUT2D eigenvalue weighted by atomic mass is 10.2. The molecule has 0 unspecified atom stereocenters. The number of amides is 1. The predicted octanol–water partition coefficient (Wildman–Crippen LogP) is 2.92. The maximum absolute atomic E-state index is 12.9. The Bertz CT molecular complexity index is 1350. The number of rotatable bonds is 6. The second kappa shape index (κ2) is 9.18. The number of carbonyl (C=O) groups is 1. The van der Waals surface area contributed by atoms with E-state index in [1.807, 2.05) is 19.1 Å².